The summed E-state index contributed by atoms with van der Waals surface area (Å²) >= 11 is 0. The highest BCUT2D eigenvalue weighted by atomic mass is 14.6. The minimum atomic E-state index is 0.654. The van der Waals surface area contributed by atoms with Gasteiger partial charge in [0.15, 0.2) is 0 Å². The summed E-state index contributed by atoms with van der Waals surface area (Å²) in [4.78, 5) is 8.15. The number of fused-ring (bicyclic) bond motifs is 2. The fourth-order valence-electron chi connectivity index (χ4n) is 2.16. The maximum absolute atomic E-state index is 8.62. The van der Waals surface area contributed by atoms with Gasteiger partial charge in [0, 0.05) is 24.0 Å². The normalized spacial score (nSPS) is 9.77. The van der Waals surface area contributed by atoms with Gasteiger partial charge in [0.05, 0.1) is 17.1 Å². The van der Waals surface area contributed by atoms with Crippen molar-refractivity contribution in [1.82, 2.24) is 9.97 Å². The van der Waals surface area contributed by atoms with Gasteiger partial charge in [-0.05, 0) is 35.0 Å². The monoisotopic (exact) mass is 283 g/mol. The van der Waals surface area contributed by atoms with Gasteiger partial charge >= 0.3 is 0 Å². The maximum atomic E-state index is 8.62. The lowest BCUT2D eigenvalue weighted by molar-refractivity contribution is 1.36. The molecule has 0 fully saturated rings. The number of nitriles is 1. The molecule has 2 aromatic carbocycles. The number of nitrogens with zero attached hydrogens (tertiary/aromatic N) is 3. The van der Waals surface area contributed by atoms with E-state index in [0.717, 1.165) is 10.9 Å². The summed E-state index contributed by atoms with van der Waals surface area (Å²) in [5, 5.41) is 12.1. The molecule has 4 aromatic rings. The number of hydrogen-bond acceptors (Lipinski definition) is 3. The average molecular weight is 283 g/mol. The molecule has 0 amide bonds. The number of benzene rings is 2. The zero-order valence-corrected chi connectivity index (χ0v) is 11.8. The van der Waals surface area contributed by atoms with Crippen molar-refractivity contribution in [1.29, 1.82) is 5.26 Å². The van der Waals surface area contributed by atoms with Gasteiger partial charge in [-0.2, -0.15) is 5.26 Å². The van der Waals surface area contributed by atoms with Gasteiger partial charge in [-0.25, -0.2) is 0 Å². The summed E-state index contributed by atoms with van der Waals surface area (Å²) in [5.74, 6) is 0. The third-order valence-electron chi connectivity index (χ3n) is 3.28. The topological polar surface area (TPSA) is 49.6 Å². The first kappa shape index (κ1) is 13.7. The Hall–Kier alpha value is -3.25. The summed E-state index contributed by atoms with van der Waals surface area (Å²) in [6.07, 6.45) is 5.40. The third-order valence-corrected chi connectivity index (χ3v) is 3.28. The van der Waals surface area contributed by atoms with Crippen LogP contribution in [0, 0.1) is 11.3 Å². The van der Waals surface area contributed by atoms with Crippen molar-refractivity contribution >= 4 is 21.7 Å². The molecule has 0 saturated carbocycles. The first-order chi connectivity index (χ1) is 10.9. The maximum Gasteiger partial charge on any atom is 0.0992 e. The molecule has 0 atom stereocenters. The molecule has 0 bridgehead atoms. The molecule has 2 heterocycles. The first-order valence-electron chi connectivity index (χ1n) is 6.90. The van der Waals surface area contributed by atoms with Crippen molar-refractivity contribution in [2.24, 2.45) is 0 Å². The summed E-state index contributed by atoms with van der Waals surface area (Å²) in [6.45, 7) is 0. The van der Waals surface area contributed by atoms with Gasteiger partial charge in [0.2, 0.25) is 0 Å². The first-order valence-corrected chi connectivity index (χ1v) is 6.90. The van der Waals surface area contributed by atoms with Crippen molar-refractivity contribution in [3.8, 4) is 6.07 Å². The zero-order chi connectivity index (χ0) is 15.2. The third kappa shape index (κ3) is 3.08. The Balaban J connectivity index is 0.000000133. The molecule has 3 heteroatoms. The van der Waals surface area contributed by atoms with Gasteiger partial charge in [0.1, 0.15) is 0 Å². The fraction of sp³-hybridized carbons (Fsp3) is 0. The lowest BCUT2D eigenvalue weighted by Gasteiger charge is -1.94. The van der Waals surface area contributed by atoms with E-state index in [1.165, 1.54) is 10.8 Å². The van der Waals surface area contributed by atoms with Crippen LogP contribution in [0.1, 0.15) is 5.56 Å². The van der Waals surface area contributed by atoms with E-state index >= 15 is 0 Å². The number of rotatable bonds is 0. The van der Waals surface area contributed by atoms with E-state index < -0.39 is 0 Å². The van der Waals surface area contributed by atoms with Crippen molar-refractivity contribution in [3.63, 3.8) is 0 Å². The van der Waals surface area contributed by atoms with E-state index in [9.17, 15) is 0 Å². The van der Waals surface area contributed by atoms with Crippen molar-refractivity contribution in [2.45, 2.75) is 0 Å². The van der Waals surface area contributed by atoms with Gasteiger partial charge in [0.25, 0.3) is 0 Å². The molecule has 4 rings (SSSR count). The van der Waals surface area contributed by atoms with Crippen LogP contribution in [0.5, 0.6) is 0 Å². The molecule has 0 N–H and O–H groups in total. The minimum absolute atomic E-state index is 0.654. The zero-order valence-electron chi connectivity index (χ0n) is 11.8. The molecular formula is C19H13N3. The van der Waals surface area contributed by atoms with E-state index in [1.807, 2.05) is 48.8 Å². The Morgan fingerprint density at radius 2 is 1.59 bits per heavy atom. The Kier molecular flexibility index (Phi) is 4.03. The average Bonchev–Trinajstić information content (AvgIpc) is 2.62. The molecule has 0 saturated heterocycles. The Bertz CT molecular complexity index is 889. The highest BCUT2D eigenvalue weighted by Crippen LogP contribution is 2.12. The lowest BCUT2D eigenvalue weighted by Crippen LogP contribution is -1.78. The van der Waals surface area contributed by atoms with Crippen molar-refractivity contribution < 1.29 is 0 Å². The van der Waals surface area contributed by atoms with Crippen LogP contribution in [-0.4, -0.2) is 9.97 Å². The Morgan fingerprint density at radius 3 is 2.41 bits per heavy atom. The highest BCUT2D eigenvalue weighted by Gasteiger charge is 1.94. The van der Waals surface area contributed by atoms with E-state index in [1.54, 1.807) is 18.3 Å². The van der Waals surface area contributed by atoms with Crippen molar-refractivity contribution in [2.75, 3.05) is 0 Å². The van der Waals surface area contributed by atoms with E-state index in [2.05, 4.69) is 28.2 Å². The predicted molar refractivity (Wildman–Crippen MR) is 88.2 cm³/mol. The molecule has 0 radical (unpaired) electrons. The molecule has 0 aliphatic carbocycles. The second kappa shape index (κ2) is 6.47. The Morgan fingerprint density at radius 1 is 0.773 bits per heavy atom. The second-order valence-corrected chi connectivity index (χ2v) is 4.75. The summed E-state index contributed by atoms with van der Waals surface area (Å²) in [7, 11) is 0. The quantitative estimate of drug-likeness (QED) is 0.482. The number of pyridine rings is 2. The molecule has 3 nitrogen and oxygen atoms in total. The van der Waals surface area contributed by atoms with Gasteiger partial charge < -0.3 is 0 Å². The van der Waals surface area contributed by atoms with Crippen LogP contribution < -0.4 is 0 Å². The van der Waals surface area contributed by atoms with Crippen LogP contribution in [0.3, 0.4) is 0 Å². The van der Waals surface area contributed by atoms with Gasteiger partial charge in [-0.1, -0.05) is 36.4 Å². The van der Waals surface area contributed by atoms with Crippen LogP contribution in [0.4, 0.5) is 0 Å². The molecule has 104 valence electrons. The van der Waals surface area contributed by atoms with E-state index in [-0.39, 0.29) is 0 Å². The number of hydrogen-bond donors (Lipinski definition) is 0. The predicted octanol–water partition coefficient (Wildman–Crippen LogP) is 4.34. The summed E-state index contributed by atoms with van der Waals surface area (Å²) in [5.41, 5.74) is 1.53. The highest BCUT2D eigenvalue weighted by molar-refractivity contribution is 5.81. The largest absolute Gasteiger partial charge is 0.264 e. The molecule has 0 unspecified atom stereocenters. The minimum Gasteiger partial charge on any atom is -0.264 e. The van der Waals surface area contributed by atoms with Crippen LogP contribution in [0.2, 0.25) is 0 Å². The smallest absolute Gasteiger partial charge is 0.0992 e. The second-order valence-electron chi connectivity index (χ2n) is 4.75. The molecule has 0 spiro atoms. The molecular weight excluding hydrogens is 270 g/mol. The van der Waals surface area contributed by atoms with Crippen LogP contribution in [0.15, 0.2) is 79.3 Å². The van der Waals surface area contributed by atoms with E-state index in [4.69, 9.17) is 5.26 Å². The van der Waals surface area contributed by atoms with Crippen LogP contribution in [-0.2, 0) is 0 Å². The molecule has 22 heavy (non-hydrogen) atoms. The summed E-state index contributed by atoms with van der Waals surface area (Å²) in [6, 6.07) is 21.6. The molecule has 2 aromatic heterocycles. The lowest BCUT2D eigenvalue weighted by atomic mass is 10.1. The van der Waals surface area contributed by atoms with Gasteiger partial charge in [-0.3, -0.25) is 9.97 Å². The van der Waals surface area contributed by atoms with Crippen molar-refractivity contribution in [3.05, 3.63) is 84.8 Å². The Labute approximate surface area is 128 Å². The van der Waals surface area contributed by atoms with E-state index in [0.29, 0.717) is 5.56 Å². The van der Waals surface area contributed by atoms with Crippen LogP contribution >= 0.6 is 0 Å². The summed E-state index contributed by atoms with van der Waals surface area (Å²) < 4.78 is 0. The van der Waals surface area contributed by atoms with Gasteiger partial charge in [-0.15, -0.1) is 0 Å². The number of aromatic nitrogens is 2. The standard InChI is InChI=1S/C10H6N2.C9H7N/c11-7-8-3-4-9-2-1-5-12-10(9)6-8;1-2-4-9-7-10-6-5-8(9)3-1/h1-6H;1-7H. The molecule has 0 aliphatic heterocycles. The SMILES string of the molecule is N#Cc1ccc2cccnc2c1.c1ccc2cnccc2c1. The fourth-order valence-corrected chi connectivity index (χ4v) is 2.16. The van der Waals surface area contributed by atoms with Crippen LogP contribution in [0.25, 0.3) is 21.7 Å². The molecule has 0 aliphatic rings.